The second-order valence-corrected chi connectivity index (χ2v) is 9.54. The molecule has 0 spiro atoms. The molecule has 0 bridgehead atoms. The average Bonchev–Trinajstić information content (AvgIpc) is 2.55. The SMILES string of the molecule is C[PH](=O)O[PH](=O)OCCS(=O)(=O)c1ccccc1-c1ccccc1. The van der Waals surface area contributed by atoms with Crippen LogP contribution < -0.4 is 0 Å². The lowest BCUT2D eigenvalue weighted by Gasteiger charge is -2.11. The van der Waals surface area contributed by atoms with Gasteiger partial charge in [0, 0.05) is 12.2 Å². The van der Waals surface area contributed by atoms with Gasteiger partial charge in [-0.25, -0.2) is 8.42 Å². The van der Waals surface area contributed by atoms with Gasteiger partial charge in [0.25, 0.3) is 0 Å². The highest BCUT2D eigenvalue weighted by atomic mass is 32.2. The molecule has 0 N–H and O–H groups in total. The molecule has 2 atom stereocenters. The summed E-state index contributed by atoms with van der Waals surface area (Å²) < 4.78 is 56.7. The third-order valence-electron chi connectivity index (χ3n) is 3.11. The van der Waals surface area contributed by atoms with Gasteiger partial charge in [-0.15, -0.1) is 0 Å². The Morgan fingerprint density at radius 2 is 1.58 bits per heavy atom. The summed E-state index contributed by atoms with van der Waals surface area (Å²) in [5.41, 5.74) is 1.39. The van der Waals surface area contributed by atoms with Gasteiger partial charge < -0.3 is 4.52 Å². The van der Waals surface area contributed by atoms with Crippen LogP contribution in [0.1, 0.15) is 0 Å². The Kier molecular flexibility index (Phi) is 6.96. The molecular formula is C15H18O6P2S. The maximum absolute atomic E-state index is 12.6. The van der Waals surface area contributed by atoms with Crippen molar-refractivity contribution in [3.63, 3.8) is 0 Å². The van der Waals surface area contributed by atoms with Crippen LogP contribution in [-0.2, 0) is 27.8 Å². The summed E-state index contributed by atoms with van der Waals surface area (Å²) in [6.07, 6.45) is 0. The molecule has 0 amide bonds. The zero-order chi connectivity index (χ0) is 17.6. The average molecular weight is 388 g/mol. The van der Waals surface area contributed by atoms with E-state index in [-0.39, 0.29) is 17.3 Å². The molecule has 9 heteroatoms. The maximum atomic E-state index is 12.6. The second kappa shape index (κ2) is 8.75. The predicted octanol–water partition coefficient (Wildman–Crippen LogP) is 3.65. The lowest BCUT2D eigenvalue weighted by molar-refractivity contribution is 0.306. The molecule has 0 radical (unpaired) electrons. The first kappa shape index (κ1) is 19.1. The molecule has 0 saturated heterocycles. The van der Waals surface area contributed by atoms with Crippen molar-refractivity contribution in [2.75, 3.05) is 19.0 Å². The van der Waals surface area contributed by atoms with Crippen molar-refractivity contribution >= 4 is 26.1 Å². The van der Waals surface area contributed by atoms with Gasteiger partial charge >= 0.3 is 8.25 Å². The van der Waals surface area contributed by atoms with Crippen molar-refractivity contribution in [2.24, 2.45) is 0 Å². The van der Waals surface area contributed by atoms with Gasteiger partial charge in [0.2, 0.25) is 0 Å². The molecule has 2 unspecified atom stereocenters. The fraction of sp³-hybridized carbons (Fsp3) is 0.200. The zero-order valence-electron chi connectivity index (χ0n) is 13.0. The predicted molar refractivity (Wildman–Crippen MR) is 94.9 cm³/mol. The zero-order valence-corrected chi connectivity index (χ0v) is 15.8. The molecule has 0 aliphatic rings. The van der Waals surface area contributed by atoms with E-state index in [9.17, 15) is 17.5 Å². The Morgan fingerprint density at radius 1 is 0.958 bits per heavy atom. The molecule has 130 valence electrons. The first-order valence-electron chi connectivity index (χ1n) is 7.12. The van der Waals surface area contributed by atoms with Gasteiger partial charge in [0.15, 0.2) is 17.9 Å². The molecule has 0 heterocycles. The summed E-state index contributed by atoms with van der Waals surface area (Å²) in [5, 5.41) is 0. The first-order valence-corrected chi connectivity index (χ1v) is 11.8. The highest BCUT2D eigenvalue weighted by Crippen LogP contribution is 2.36. The van der Waals surface area contributed by atoms with Crippen molar-refractivity contribution in [1.29, 1.82) is 0 Å². The minimum Gasteiger partial charge on any atom is -0.309 e. The number of benzene rings is 2. The lowest BCUT2D eigenvalue weighted by atomic mass is 10.1. The van der Waals surface area contributed by atoms with E-state index in [1.54, 1.807) is 18.2 Å². The van der Waals surface area contributed by atoms with E-state index in [0.717, 1.165) is 5.56 Å². The van der Waals surface area contributed by atoms with Crippen LogP contribution in [0.4, 0.5) is 0 Å². The van der Waals surface area contributed by atoms with Gasteiger partial charge in [-0.05, 0) is 11.6 Å². The number of hydrogen-bond acceptors (Lipinski definition) is 6. The standard InChI is InChI=1S/C15H18O6P2S/c1-22(16)21-23(17)20-11-12-24(18,19)15-10-6-5-9-14(15)13-7-3-2-4-8-13/h2-10,22-23H,11-12H2,1H3. The van der Waals surface area contributed by atoms with Crippen LogP contribution in [0.15, 0.2) is 59.5 Å². The second-order valence-electron chi connectivity index (χ2n) is 4.87. The Balaban J connectivity index is 2.16. The minimum absolute atomic E-state index is 0.185. The van der Waals surface area contributed by atoms with Crippen molar-refractivity contribution in [1.82, 2.24) is 0 Å². The molecule has 0 aromatic heterocycles. The summed E-state index contributed by atoms with van der Waals surface area (Å²) in [6, 6.07) is 15.9. The third-order valence-corrected chi connectivity index (χ3v) is 7.09. The van der Waals surface area contributed by atoms with E-state index in [4.69, 9.17) is 4.52 Å². The Labute approximate surface area is 142 Å². The van der Waals surface area contributed by atoms with E-state index in [1.165, 1.54) is 12.7 Å². The first-order chi connectivity index (χ1) is 11.4. The monoisotopic (exact) mass is 388 g/mol. The van der Waals surface area contributed by atoms with Crippen molar-refractivity contribution < 1.29 is 26.4 Å². The number of rotatable bonds is 8. The summed E-state index contributed by atoms with van der Waals surface area (Å²) in [6.45, 7) is 0.988. The van der Waals surface area contributed by atoms with Crippen LogP contribution in [0.2, 0.25) is 0 Å². The molecule has 2 aromatic carbocycles. The smallest absolute Gasteiger partial charge is 0.309 e. The van der Waals surface area contributed by atoms with Crippen molar-refractivity contribution in [3.8, 4) is 11.1 Å². The molecule has 6 nitrogen and oxygen atoms in total. The van der Waals surface area contributed by atoms with E-state index < -0.39 is 26.1 Å². The molecule has 0 aliphatic carbocycles. The normalized spacial score (nSPS) is 14.2. The van der Waals surface area contributed by atoms with Crippen LogP contribution in [0.25, 0.3) is 11.1 Å². The fourth-order valence-electron chi connectivity index (χ4n) is 2.09. The van der Waals surface area contributed by atoms with Gasteiger partial charge in [0.1, 0.15) is 0 Å². The minimum atomic E-state index is -3.64. The van der Waals surface area contributed by atoms with Crippen molar-refractivity contribution in [2.45, 2.75) is 4.90 Å². The molecule has 0 aliphatic heterocycles. The molecular weight excluding hydrogens is 370 g/mol. The number of sulfone groups is 1. The summed E-state index contributed by atoms with van der Waals surface area (Å²) in [7, 11) is -8.96. The lowest BCUT2D eigenvalue weighted by Crippen LogP contribution is -2.12. The van der Waals surface area contributed by atoms with Crippen LogP contribution in [-0.4, -0.2) is 27.4 Å². The van der Waals surface area contributed by atoms with Gasteiger partial charge in [0.05, 0.1) is 17.3 Å². The van der Waals surface area contributed by atoms with Crippen LogP contribution in [0.5, 0.6) is 0 Å². The van der Waals surface area contributed by atoms with Gasteiger partial charge in [-0.2, -0.15) is 0 Å². The molecule has 0 saturated carbocycles. The van der Waals surface area contributed by atoms with E-state index in [1.807, 2.05) is 30.3 Å². The fourth-order valence-corrected chi connectivity index (χ4v) is 5.01. The quantitative estimate of drug-likeness (QED) is 0.642. The molecule has 0 fully saturated rings. The summed E-state index contributed by atoms with van der Waals surface area (Å²) in [4.78, 5) is 0.185. The Bertz CT molecular complexity index is 836. The van der Waals surface area contributed by atoms with Crippen LogP contribution in [0, 0.1) is 0 Å². The maximum Gasteiger partial charge on any atom is 0.324 e. The topological polar surface area (TPSA) is 86.7 Å². The van der Waals surface area contributed by atoms with Crippen molar-refractivity contribution in [3.05, 3.63) is 54.6 Å². The van der Waals surface area contributed by atoms with E-state index >= 15 is 0 Å². The highest BCUT2D eigenvalue weighted by molar-refractivity contribution is 7.91. The molecule has 2 rings (SSSR count). The summed E-state index contributed by atoms with van der Waals surface area (Å²) in [5.74, 6) is -0.346. The van der Waals surface area contributed by atoms with Gasteiger partial charge in [-0.3, -0.25) is 13.4 Å². The Hall–Kier alpha value is -1.23. The van der Waals surface area contributed by atoms with E-state index in [2.05, 4.69) is 4.31 Å². The molecule has 24 heavy (non-hydrogen) atoms. The van der Waals surface area contributed by atoms with Crippen LogP contribution in [0.3, 0.4) is 0 Å². The third kappa shape index (κ3) is 5.40. The molecule has 2 aromatic rings. The highest BCUT2D eigenvalue weighted by Gasteiger charge is 2.19. The number of hydrogen-bond donors (Lipinski definition) is 0. The summed E-state index contributed by atoms with van der Waals surface area (Å²) >= 11 is 0. The van der Waals surface area contributed by atoms with Crippen LogP contribution >= 0.6 is 16.3 Å². The Morgan fingerprint density at radius 3 is 2.25 bits per heavy atom. The van der Waals surface area contributed by atoms with E-state index in [0.29, 0.717) is 5.56 Å². The van der Waals surface area contributed by atoms with Gasteiger partial charge in [-0.1, -0.05) is 48.5 Å². The largest absolute Gasteiger partial charge is 0.324 e.